The van der Waals surface area contributed by atoms with Crippen molar-refractivity contribution in [1.82, 2.24) is 9.88 Å². The number of hydrogen-bond acceptors (Lipinski definition) is 4. The second-order valence-electron chi connectivity index (χ2n) is 6.70. The Bertz CT molecular complexity index is 800. The van der Waals surface area contributed by atoms with Gasteiger partial charge in [0.15, 0.2) is 0 Å². The van der Waals surface area contributed by atoms with E-state index in [-0.39, 0.29) is 11.8 Å². The summed E-state index contributed by atoms with van der Waals surface area (Å²) < 4.78 is 0. The highest BCUT2D eigenvalue weighted by Crippen LogP contribution is 2.22. The van der Waals surface area contributed by atoms with Crippen LogP contribution in [-0.4, -0.2) is 28.2 Å². The summed E-state index contributed by atoms with van der Waals surface area (Å²) in [6, 6.07) is 7.74. The van der Waals surface area contributed by atoms with Gasteiger partial charge in [0, 0.05) is 25.2 Å². The van der Waals surface area contributed by atoms with Gasteiger partial charge in [-0.1, -0.05) is 19.1 Å². The van der Waals surface area contributed by atoms with E-state index in [1.807, 2.05) is 36.1 Å². The monoisotopic (exact) mass is 371 g/mol. The quantitative estimate of drug-likeness (QED) is 0.829. The van der Waals surface area contributed by atoms with E-state index in [2.05, 4.69) is 17.2 Å². The maximum Gasteiger partial charge on any atom is 0.267 e. The van der Waals surface area contributed by atoms with Crippen molar-refractivity contribution in [2.24, 2.45) is 0 Å². The average molecular weight is 372 g/mol. The Morgan fingerprint density at radius 3 is 2.96 bits per heavy atom. The van der Waals surface area contributed by atoms with Crippen molar-refractivity contribution >= 4 is 28.8 Å². The van der Waals surface area contributed by atoms with E-state index in [4.69, 9.17) is 0 Å². The lowest BCUT2D eigenvalue weighted by Gasteiger charge is -2.26. The predicted molar refractivity (Wildman–Crippen MR) is 105 cm³/mol. The molecule has 0 spiro atoms. The maximum atomic E-state index is 12.6. The number of benzene rings is 1. The van der Waals surface area contributed by atoms with Crippen molar-refractivity contribution in [3.8, 4) is 0 Å². The summed E-state index contributed by atoms with van der Waals surface area (Å²) in [4.78, 5) is 31.6. The zero-order valence-corrected chi connectivity index (χ0v) is 16.2. The Morgan fingerprint density at radius 1 is 1.35 bits per heavy atom. The number of likely N-dealkylation sites (tertiary alicyclic amines) is 1. The van der Waals surface area contributed by atoms with Crippen molar-refractivity contribution in [3.05, 3.63) is 45.4 Å². The van der Waals surface area contributed by atoms with Crippen LogP contribution >= 0.6 is 11.3 Å². The minimum absolute atomic E-state index is 0.117. The fraction of sp³-hybridized carbons (Fsp3) is 0.450. The van der Waals surface area contributed by atoms with Crippen LogP contribution in [0.15, 0.2) is 24.3 Å². The van der Waals surface area contributed by atoms with E-state index < -0.39 is 0 Å². The van der Waals surface area contributed by atoms with E-state index in [0.717, 1.165) is 54.2 Å². The standard InChI is InChI=1S/C20H25N3O2S/c1-3-7-17-21-14(2)19(26-17)20(25)22-16-9-6-8-15(12-16)13-23-11-5-4-10-18(23)24/h6,8-9,12H,3-5,7,10-11,13H2,1-2H3,(H,22,25). The molecule has 2 aromatic rings. The first-order valence-electron chi connectivity index (χ1n) is 9.21. The predicted octanol–water partition coefficient (Wildman–Crippen LogP) is 4.17. The number of aryl methyl sites for hydroxylation is 2. The molecule has 6 heteroatoms. The molecule has 2 amide bonds. The van der Waals surface area contributed by atoms with E-state index in [9.17, 15) is 9.59 Å². The zero-order valence-electron chi connectivity index (χ0n) is 15.4. The van der Waals surface area contributed by atoms with Gasteiger partial charge in [-0.25, -0.2) is 4.98 Å². The first kappa shape index (κ1) is 18.6. The van der Waals surface area contributed by atoms with E-state index in [1.54, 1.807) is 0 Å². The molecule has 1 aromatic heterocycles. The summed E-state index contributed by atoms with van der Waals surface area (Å²) in [7, 11) is 0. The molecule has 0 radical (unpaired) electrons. The van der Waals surface area contributed by atoms with Crippen molar-refractivity contribution in [3.63, 3.8) is 0 Å². The summed E-state index contributed by atoms with van der Waals surface area (Å²) in [5.41, 5.74) is 2.57. The Hall–Kier alpha value is -2.21. The van der Waals surface area contributed by atoms with Crippen molar-refractivity contribution in [2.45, 2.75) is 52.5 Å². The van der Waals surface area contributed by atoms with Crippen LogP contribution in [0.4, 0.5) is 5.69 Å². The number of hydrogen-bond donors (Lipinski definition) is 1. The number of aromatic nitrogens is 1. The number of amides is 2. The molecule has 138 valence electrons. The molecule has 1 aliphatic rings. The molecule has 0 aliphatic carbocycles. The van der Waals surface area contributed by atoms with Gasteiger partial charge in [-0.3, -0.25) is 9.59 Å². The number of nitrogens with zero attached hydrogens (tertiary/aromatic N) is 2. The Labute approximate surface area is 158 Å². The van der Waals surface area contributed by atoms with Crippen LogP contribution in [0.3, 0.4) is 0 Å². The highest BCUT2D eigenvalue weighted by molar-refractivity contribution is 7.13. The lowest BCUT2D eigenvalue weighted by atomic mass is 10.1. The Morgan fingerprint density at radius 2 is 2.19 bits per heavy atom. The van der Waals surface area contributed by atoms with E-state index in [1.165, 1.54) is 11.3 Å². The third-order valence-electron chi connectivity index (χ3n) is 4.49. The van der Waals surface area contributed by atoms with Crippen LogP contribution in [-0.2, 0) is 17.8 Å². The number of nitrogens with one attached hydrogen (secondary N) is 1. The lowest BCUT2D eigenvalue weighted by Crippen LogP contribution is -2.34. The third-order valence-corrected chi connectivity index (χ3v) is 5.71. The molecule has 0 saturated carbocycles. The van der Waals surface area contributed by atoms with Gasteiger partial charge in [0.1, 0.15) is 4.88 Å². The second kappa shape index (κ2) is 8.45. The normalized spacial score (nSPS) is 14.5. The van der Waals surface area contributed by atoms with Crippen LogP contribution in [0.2, 0.25) is 0 Å². The molecule has 26 heavy (non-hydrogen) atoms. The number of piperidine rings is 1. The molecule has 0 unspecified atom stereocenters. The highest BCUT2D eigenvalue weighted by Gasteiger charge is 2.19. The molecule has 0 bridgehead atoms. The topological polar surface area (TPSA) is 62.3 Å². The highest BCUT2D eigenvalue weighted by atomic mass is 32.1. The fourth-order valence-electron chi connectivity index (χ4n) is 3.17. The number of carbonyl (C=O) groups excluding carboxylic acids is 2. The summed E-state index contributed by atoms with van der Waals surface area (Å²) in [6.07, 6.45) is 4.61. The average Bonchev–Trinajstić information content (AvgIpc) is 2.98. The summed E-state index contributed by atoms with van der Waals surface area (Å²) >= 11 is 1.47. The van der Waals surface area contributed by atoms with Crippen molar-refractivity contribution < 1.29 is 9.59 Å². The maximum absolute atomic E-state index is 12.6. The van der Waals surface area contributed by atoms with Gasteiger partial charge < -0.3 is 10.2 Å². The molecule has 2 heterocycles. The van der Waals surface area contributed by atoms with Crippen LogP contribution in [0.1, 0.15) is 58.5 Å². The third kappa shape index (κ3) is 4.49. The number of anilines is 1. The molecule has 1 N–H and O–H groups in total. The smallest absolute Gasteiger partial charge is 0.267 e. The van der Waals surface area contributed by atoms with Crippen LogP contribution in [0, 0.1) is 6.92 Å². The van der Waals surface area contributed by atoms with Crippen LogP contribution in [0.5, 0.6) is 0 Å². The molecular weight excluding hydrogens is 346 g/mol. The number of rotatable bonds is 6. The molecule has 5 nitrogen and oxygen atoms in total. The van der Waals surface area contributed by atoms with Gasteiger partial charge in [-0.05, 0) is 50.3 Å². The SMILES string of the molecule is CCCc1nc(C)c(C(=O)Nc2cccc(CN3CCCCC3=O)c2)s1. The Kier molecular flexibility index (Phi) is 6.04. The van der Waals surface area contributed by atoms with Gasteiger partial charge in [0.2, 0.25) is 5.91 Å². The number of carbonyl (C=O) groups is 2. The van der Waals surface area contributed by atoms with Crippen molar-refractivity contribution in [2.75, 3.05) is 11.9 Å². The summed E-state index contributed by atoms with van der Waals surface area (Å²) in [5.74, 6) is 0.1000. The second-order valence-corrected chi connectivity index (χ2v) is 7.78. The number of thiazole rings is 1. The minimum atomic E-state index is -0.117. The summed E-state index contributed by atoms with van der Waals surface area (Å²) in [6.45, 7) is 5.40. The largest absolute Gasteiger partial charge is 0.338 e. The first-order valence-corrected chi connectivity index (χ1v) is 10.0. The van der Waals surface area contributed by atoms with Crippen molar-refractivity contribution in [1.29, 1.82) is 0 Å². The van der Waals surface area contributed by atoms with Gasteiger partial charge >= 0.3 is 0 Å². The van der Waals surface area contributed by atoms with E-state index in [0.29, 0.717) is 17.8 Å². The molecule has 1 fully saturated rings. The van der Waals surface area contributed by atoms with Crippen LogP contribution in [0.25, 0.3) is 0 Å². The molecule has 1 aromatic carbocycles. The van der Waals surface area contributed by atoms with Crippen LogP contribution < -0.4 is 5.32 Å². The Balaban J connectivity index is 1.68. The van der Waals surface area contributed by atoms with Gasteiger partial charge in [-0.2, -0.15) is 0 Å². The zero-order chi connectivity index (χ0) is 18.5. The van der Waals surface area contributed by atoms with Gasteiger partial charge in [0.05, 0.1) is 10.7 Å². The molecule has 1 aliphatic heterocycles. The van der Waals surface area contributed by atoms with E-state index >= 15 is 0 Å². The lowest BCUT2D eigenvalue weighted by molar-refractivity contribution is -0.133. The first-order chi connectivity index (χ1) is 12.6. The molecular formula is C20H25N3O2S. The molecule has 1 saturated heterocycles. The molecule has 0 atom stereocenters. The fourth-order valence-corrected chi connectivity index (χ4v) is 4.23. The van der Waals surface area contributed by atoms with Gasteiger partial charge in [-0.15, -0.1) is 11.3 Å². The molecule has 3 rings (SSSR count). The minimum Gasteiger partial charge on any atom is -0.338 e. The summed E-state index contributed by atoms with van der Waals surface area (Å²) in [5, 5.41) is 3.98. The van der Waals surface area contributed by atoms with Gasteiger partial charge in [0.25, 0.3) is 5.91 Å².